The van der Waals surface area contributed by atoms with Gasteiger partial charge in [0.15, 0.2) is 5.69 Å². The molecule has 36 heavy (non-hydrogen) atoms. The summed E-state index contributed by atoms with van der Waals surface area (Å²) >= 11 is 0.583. The third-order valence-electron chi connectivity index (χ3n) is 4.88. The Morgan fingerprint density at radius 1 is 1.06 bits per heavy atom. The number of nitrogens with one attached hydrogen (secondary N) is 1. The molecule has 0 aliphatic carbocycles. The minimum absolute atomic E-state index is 0.0652. The number of nitrogen functional groups attached to an aromatic ring is 1. The zero-order chi connectivity index (χ0) is 26.4. The van der Waals surface area contributed by atoms with Crippen LogP contribution < -0.4 is 21.7 Å². The number of hydrogen-bond donors (Lipinski definition) is 3. The molecular formula is C23H21F2N5O5S. The molecule has 3 aromatic rings. The fourth-order valence-corrected chi connectivity index (χ4v) is 4.00. The second kappa shape index (κ2) is 11.4. The third-order valence-corrected chi connectivity index (χ3v) is 5.73. The van der Waals surface area contributed by atoms with Gasteiger partial charge in [-0.25, -0.2) is 8.78 Å². The normalized spacial score (nSPS) is 11.4. The molecule has 0 radical (unpaired) electrons. The number of amides is 3. The molecule has 0 aliphatic rings. The maximum atomic E-state index is 13.7. The molecular weight excluding hydrogens is 496 g/mol. The third kappa shape index (κ3) is 5.81. The first-order valence-electron chi connectivity index (χ1n) is 10.5. The van der Waals surface area contributed by atoms with Gasteiger partial charge < -0.3 is 21.5 Å². The lowest BCUT2D eigenvalue weighted by molar-refractivity contribution is -0.143. The van der Waals surface area contributed by atoms with E-state index in [-0.39, 0.29) is 34.1 Å². The first kappa shape index (κ1) is 26.2. The number of nitrogens with two attached hydrogens (primary N) is 2. The van der Waals surface area contributed by atoms with Crippen molar-refractivity contribution < 1.29 is 32.7 Å². The SMILES string of the molecule is CCOC(=O)CNC(=O)[C@@H](c1ccc(F)cc1)N(C(=O)c1snc(C(N)=O)c1N)c1ccc(F)cc1. The van der Waals surface area contributed by atoms with E-state index in [2.05, 4.69) is 9.69 Å². The predicted molar refractivity (Wildman–Crippen MR) is 127 cm³/mol. The summed E-state index contributed by atoms with van der Waals surface area (Å²) < 4.78 is 36.0. The summed E-state index contributed by atoms with van der Waals surface area (Å²) in [4.78, 5) is 51.3. The van der Waals surface area contributed by atoms with Crippen LogP contribution in [-0.2, 0) is 14.3 Å². The topological polar surface area (TPSA) is 158 Å². The van der Waals surface area contributed by atoms with Gasteiger partial charge in [0.25, 0.3) is 11.8 Å². The van der Waals surface area contributed by atoms with E-state index in [1.807, 2.05) is 0 Å². The van der Waals surface area contributed by atoms with Gasteiger partial charge in [0.05, 0.1) is 12.3 Å². The number of benzene rings is 2. The average Bonchev–Trinajstić information content (AvgIpc) is 3.24. The van der Waals surface area contributed by atoms with Gasteiger partial charge in [0.2, 0.25) is 5.91 Å². The van der Waals surface area contributed by atoms with E-state index >= 15 is 0 Å². The molecule has 0 bridgehead atoms. The Kier molecular flexibility index (Phi) is 8.27. The molecule has 13 heteroatoms. The van der Waals surface area contributed by atoms with Crippen LogP contribution in [0.5, 0.6) is 0 Å². The summed E-state index contributed by atoms with van der Waals surface area (Å²) in [6.45, 7) is 1.17. The van der Waals surface area contributed by atoms with Crippen molar-refractivity contribution in [1.82, 2.24) is 9.69 Å². The Bertz CT molecular complexity index is 1280. The summed E-state index contributed by atoms with van der Waals surface area (Å²) in [5.41, 5.74) is 10.8. The summed E-state index contributed by atoms with van der Waals surface area (Å²) in [6.07, 6.45) is 0. The fourth-order valence-electron chi connectivity index (χ4n) is 3.25. The van der Waals surface area contributed by atoms with E-state index in [4.69, 9.17) is 16.2 Å². The molecule has 1 atom stereocenters. The Hall–Kier alpha value is -4.39. The van der Waals surface area contributed by atoms with Crippen molar-refractivity contribution in [3.63, 3.8) is 0 Å². The van der Waals surface area contributed by atoms with Crippen molar-refractivity contribution >= 4 is 46.6 Å². The van der Waals surface area contributed by atoms with Gasteiger partial charge in [-0.3, -0.25) is 24.1 Å². The maximum Gasteiger partial charge on any atom is 0.325 e. The second-order valence-corrected chi connectivity index (χ2v) is 8.04. The minimum atomic E-state index is -1.48. The number of rotatable bonds is 9. The molecule has 10 nitrogen and oxygen atoms in total. The Morgan fingerprint density at radius 3 is 2.17 bits per heavy atom. The first-order valence-corrected chi connectivity index (χ1v) is 11.2. The molecule has 3 amide bonds. The monoisotopic (exact) mass is 517 g/mol. The number of hydrogen-bond acceptors (Lipinski definition) is 8. The van der Waals surface area contributed by atoms with Crippen molar-refractivity contribution in [2.24, 2.45) is 5.73 Å². The van der Waals surface area contributed by atoms with Crippen LogP contribution in [0, 0.1) is 11.6 Å². The van der Waals surface area contributed by atoms with Crippen LogP contribution in [-0.4, -0.2) is 41.2 Å². The van der Waals surface area contributed by atoms with Crippen molar-refractivity contribution in [3.05, 3.63) is 76.3 Å². The number of aromatic nitrogens is 1. The van der Waals surface area contributed by atoms with Crippen LogP contribution >= 0.6 is 11.5 Å². The van der Waals surface area contributed by atoms with Crippen molar-refractivity contribution in [2.45, 2.75) is 13.0 Å². The van der Waals surface area contributed by atoms with Crippen molar-refractivity contribution in [1.29, 1.82) is 0 Å². The fraction of sp³-hybridized carbons (Fsp3) is 0.174. The van der Waals surface area contributed by atoms with Crippen LogP contribution in [0.3, 0.4) is 0 Å². The Morgan fingerprint density at radius 2 is 1.64 bits per heavy atom. The number of carbonyl (C=O) groups excluding carboxylic acids is 4. The molecule has 0 saturated heterocycles. The molecule has 0 aliphatic heterocycles. The lowest BCUT2D eigenvalue weighted by Crippen LogP contribution is -2.45. The van der Waals surface area contributed by atoms with Crippen molar-refractivity contribution in [3.8, 4) is 0 Å². The average molecular weight is 518 g/mol. The van der Waals surface area contributed by atoms with Gasteiger partial charge in [-0.1, -0.05) is 12.1 Å². The molecule has 0 fully saturated rings. The van der Waals surface area contributed by atoms with E-state index < -0.39 is 47.9 Å². The van der Waals surface area contributed by atoms with E-state index in [0.717, 1.165) is 29.2 Å². The summed E-state index contributed by atoms with van der Waals surface area (Å²) in [5.74, 6) is -4.58. The van der Waals surface area contributed by atoms with Crippen LogP contribution in [0.4, 0.5) is 20.2 Å². The molecule has 188 valence electrons. The van der Waals surface area contributed by atoms with Gasteiger partial charge in [-0.15, -0.1) is 0 Å². The summed E-state index contributed by atoms with van der Waals surface area (Å²) in [7, 11) is 0. The number of halogens is 2. The lowest BCUT2D eigenvalue weighted by Gasteiger charge is -2.31. The zero-order valence-electron chi connectivity index (χ0n) is 18.9. The number of carbonyl (C=O) groups is 4. The van der Waals surface area contributed by atoms with Crippen molar-refractivity contribution in [2.75, 3.05) is 23.8 Å². The molecule has 2 aromatic carbocycles. The van der Waals surface area contributed by atoms with E-state index in [0.29, 0.717) is 11.5 Å². The first-order chi connectivity index (χ1) is 17.1. The van der Waals surface area contributed by atoms with Crippen LogP contribution in [0.25, 0.3) is 0 Å². The summed E-state index contributed by atoms with van der Waals surface area (Å²) in [5, 5.41) is 2.39. The van der Waals surface area contributed by atoms with Crippen LogP contribution in [0.15, 0.2) is 48.5 Å². The highest BCUT2D eigenvalue weighted by molar-refractivity contribution is 7.09. The van der Waals surface area contributed by atoms with Gasteiger partial charge in [-0.2, -0.15) is 4.37 Å². The van der Waals surface area contributed by atoms with Crippen LogP contribution in [0.1, 0.15) is 38.7 Å². The standard InChI is InChI=1S/C23H21F2N5O5S/c1-2-35-16(31)11-28-22(33)19(12-3-5-13(24)6-4-12)30(15-9-7-14(25)8-10-15)23(34)20-17(26)18(21(27)32)29-36-20/h3-10,19H,2,11,26H2,1H3,(H2,27,32)(H,28,33)/t19-/m1/s1. The largest absolute Gasteiger partial charge is 0.465 e. The highest BCUT2D eigenvalue weighted by atomic mass is 32.1. The number of anilines is 2. The number of esters is 1. The molecule has 0 spiro atoms. The number of primary amides is 1. The molecule has 5 N–H and O–H groups in total. The molecule has 1 aromatic heterocycles. The maximum absolute atomic E-state index is 13.7. The molecule has 1 heterocycles. The molecule has 0 saturated carbocycles. The summed E-state index contributed by atoms with van der Waals surface area (Å²) in [6, 6.07) is 7.87. The molecule has 0 unspecified atom stereocenters. The van der Waals surface area contributed by atoms with E-state index in [1.54, 1.807) is 6.92 Å². The van der Waals surface area contributed by atoms with Gasteiger partial charge in [-0.05, 0) is 60.4 Å². The number of ether oxygens (including phenoxy) is 1. The quantitative estimate of drug-likeness (QED) is 0.367. The second-order valence-electron chi connectivity index (χ2n) is 7.27. The van der Waals surface area contributed by atoms with Gasteiger partial charge >= 0.3 is 5.97 Å². The molecule has 3 rings (SSSR count). The Labute approximate surface area is 208 Å². The number of nitrogens with zero attached hydrogens (tertiary/aromatic N) is 2. The lowest BCUT2D eigenvalue weighted by atomic mass is 10.0. The van der Waals surface area contributed by atoms with Crippen LogP contribution in [0.2, 0.25) is 0 Å². The Balaban J connectivity index is 2.14. The van der Waals surface area contributed by atoms with E-state index in [9.17, 15) is 28.0 Å². The van der Waals surface area contributed by atoms with E-state index in [1.165, 1.54) is 24.3 Å². The zero-order valence-corrected chi connectivity index (χ0v) is 19.7. The highest BCUT2D eigenvalue weighted by Crippen LogP contribution is 2.33. The highest BCUT2D eigenvalue weighted by Gasteiger charge is 2.36. The van der Waals surface area contributed by atoms with Gasteiger partial charge in [0, 0.05) is 5.69 Å². The smallest absolute Gasteiger partial charge is 0.325 e. The predicted octanol–water partition coefficient (Wildman–Crippen LogP) is 2.17. The minimum Gasteiger partial charge on any atom is -0.465 e. The van der Waals surface area contributed by atoms with Gasteiger partial charge in [0.1, 0.15) is 29.1 Å².